The molecule has 7 heteroatoms. The van der Waals surface area contributed by atoms with Crippen LogP contribution in [0.25, 0.3) is 5.65 Å². The van der Waals surface area contributed by atoms with E-state index >= 15 is 0 Å². The zero-order valence-electron chi connectivity index (χ0n) is 18.6. The van der Waals surface area contributed by atoms with Crippen molar-refractivity contribution in [3.63, 3.8) is 0 Å². The van der Waals surface area contributed by atoms with Crippen LogP contribution in [0.5, 0.6) is 0 Å². The summed E-state index contributed by atoms with van der Waals surface area (Å²) in [7, 11) is 0. The van der Waals surface area contributed by atoms with Crippen molar-refractivity contribution in [2.45, 2.75) is 44.9 Å². The number of amides is 2. The summed E-state index contributed by atoms with van der Waals surface area (Å²) in [5, 5.41) is 3.28. The van der Waals surface area contributed by atoms with Gasteiger partial charge in [-0.1, -0.05) is 6.07 Å². The van der Waals surface area contributed by atoms with Gasteiger partial charge in [0, 0.05) is 37.3 Å². The molecule has 1 aliphatic heterocycles. The topological polar surface area (TPSA) is 66.7 Å². The van der Waals surface area contributed by atoms with E-state index in [0.717, 1.165) is 60.2 Å². The number of nitrogens with one attached hydrogen (secondary N) is 1. The maximum Gasteiger partial charge on any atom is 0.268 e. The molecule has 170 valence electrons. The van der Waals surface area contributed by atoms with E-state index in [1.807, 2.05) is 45.5 Å². The molecule has 0 radical (unpaired) electrons. The Labute approximate surface area is 193 Å². The second-order valence-corrected chi connectivity index (χ2v) is 11.9. The third kappa shape index (κ3) is 3.82. The van der Waals surface area contributed by atoms with Crippen molar-refractivity contribution < 1.29 is 9.59 Å². The van der Waals surface area contributed by atoms with E-state index in [1.54, 1.807) is 0 Å². The Hall–Kier alpha value is -2.02. The van der Waals surface area contributed by atoms with Crippen LogP contribution in [0, 0.1) is 23.2 Å². The smallest absolute Gasteiger partial charge is 0.268 e. The molecule has 0 unspecified atom stereocenters. The summed E-state index contributed by atoms with van der Waals surface area (Å²) in [6.45, 7) is 2.42. The minimum Gasteiger partial charge on any atom is -0.350 e. The number of imidazole rings is 1. The molecular weight excluding hydrogens is 420 g/mol. The second kappa shape index (κ2) is 8.08. The standard InChI is InChI=1S/C25H32N4O2S/c30-23(28-4-6-32-7-5-28)11-20-15-29-21(2-1-3-22(29)27-20)24(31)26-16-25-12-17-8-18(13-25)10-19(9-17)14-25/h1-3,15,17-19H,4-14,16H2,(H,26,31). The van der Waals surface area contributed by atoms with Crippen LogP contribution in [0.15, 0.2) is 24.4 Å². The van der Waals surface area contributed by atoms with Crippen LogP contribution < -0.4 is 5.32 Å². The first kappa shape index (κ1) is 20.6. The van der Waals surface area contributed by atoms with Crippen LogP contribution in [0.2, 0.25) is 0 Å². The molecule has 5 fully saturated rings. The largest absolute Gasteiger partial charge is 0.350 e. The molecule has 0 aromatic carbocycles. The third-order valence-corrected chi connectivity index (χ3v) is 9.20. The third-order valence-electron chi connectivity index (χ3n) is 8.26. The lowest BCUT2D eigenvalue weighted by Gasteiger charge is -2.56. The number of carbonyl (C=O) groups is 2. The van der Waals surface area contributed by atoms with Gasteiger partial charge in [0.2, 0.25) is 5.91 Å². The molecule has 1 N–H and O–H groups in total. The average molecular weight is 453 g/mol. The number of hydrogen-bond donors (Lipinski definition) is 1. The Balaban J connectivity index is 1.16. The molecule has 1 saturated heterocycles. The van der Waals surface area contributed by atoms with E-state index in [4.69, 9.17) is 0 Å². The zero-order chi connectivity index (χ0) is 21.7. The van der Waals surface area contributed by atoms with Gasteiger partial charge in [0.25, 0.3) is 5.91 Å². The fourth-order valence-electron chi connectivity index (χ4n) is 7.28. The highest BCUT2D eigenvalue weighted by atomic mass is 32.2. The molecule has 2 aromatic heterocycles. The van der Waals surface area contributed by atoms with Crippen LogP contribution in [-0.2, 0) is 11.2 Å². The first-order chi connectivity index (χ1) is 15.6. The molecule has 0 spiro atoms. The van der Waals surface area contributed by atoms with Gasteiger partial charge in [0.05, 0.1) is 12.1 Å². The summed E-state index contributed by atoms with van der Waals surface area (Å²) >= 11 is 1.90. The molecule has 7 rings (SSSR count). The summed E-state index contributed by atoms with van der Waals surface area (Å²) in [6.07, 6.45) is 10.3. The summed E-state index contributed by atoms with van der Waals surface area (Å²) in [4.78, 5) is 32.4. The maximum absolute atomic E-state index is 13.2. The van der Waals surface area contributed by atoms with E-state index in [1.165, 1.54) is 38.5 Å². The Bertz CT molecular complexity index is 1010. The van der Waals surface area contributed by atoms with Crippen LogP contribution in [0.1, 0.15) is 54.7 Å². The highest BCUT2D eigenvalue weighted by Crippen LogP contribution is 2.59. The van der Waals surface area contributed by atoms with Crippen molar-refractivity contribution in [1.82, 2.24) is 19.6 Å². The number of nitrogens with zero attached hydrogens (tertiary/aromatic N) is 3. The molecule has 4 saturated carbocycles. The van der Waals surface area contributed by atoms with E-state index < -0.39 is 0 Å². The first-order valence-corrected chi connectivity index (χ1v) is 13.3. The molecule has 6 nitrogen and oxygen atoms in total. The van der Waals surface area contributed by atoms with Crippen molar-refractivity contribution in [1.29, 1.82) is 0 Å². The highest BCUT2D eigenvalue weighted by Gasteiger charge is 2.50. The van der Waals surface area contributed by atoms with Crippen molar-refractivity contribution >= 4 is 29.2 Å². The Kier molecular flexibility index (Phi) is 5.20. The Morgan fingerprint density at radius 2 is 1.75 bits per heavy atom. The normalized spacial score (nSPS) is 31.2. The Morgan fingerprint density at radius 1 is 1.06 bits per heavy atom. The van der Waals surface area contributed by atoms with E-state index in [0.29, 0.717) is 17.5 Å². The van der Waals surface area contributed by atoms with Crippen LogP contribution in [0.4, 0.5) is 0 Å². The van der Waals surface area contributed by atoms with Gasteiger partial charge in [-0.3, -0.25) is 14.0 Å². The SMILES string of the molecule is O=C(NCC12CC3CC(CC(C3)C1)C2)c1cccc2nc(CC(=O)N3CCSCC3)cn12. The average Bonchev–Trinajstić information content (AvgIpc) is 3.19. The summed E-state index contributed by atoms with van der Waals surface area (Å²) in [5.74, 6) is 4.75. The molecule has 4 bridgehead atoms. The lowest BCUT2D eigenvalue weighted by molar-refractivity contribution is -0.130. The summed E-state index contributed by atoms with van der Waals surface area (Å²) < 4.78 is 1.85. The molecule has 5 aliphatic rings. The van der Waals surface area contributed by atoms with Gasteiger partial charge >= 0.3 is 0 Å². The maximum atomic E-state index is 13.2. The van der Waals surface area contributed by atoms with Crippen molar-refractivity contribution in [2.24, 2.45) is 23.2 Å². The first-order valence-electron chi connectivity index (χ1n) is 12.2. The number of fused-ring (bicyclic) bond motifs is 1. The van der Waals surface area contributed by atoms with Crippen molar-refractivity contribution in [2.75, 3.05) is 31.1 Å². The molecule has 32 heavy (non-hydrogen) atoms. The highest BCUT2D eigenvalue weighted by molar-refractivity contribution is 7.99. The van der Waals surface area contributed by atoms with Gasteiger partial charge in [-0.2, -0.15) is 11.8 Å². The lowest BCUT2D eigenvalue weighted by atomic mass is 9.49. The molecule has 0 atom stereocenters. The fraction of sp³-hybridized carbons (Fsp3) is 0.640. The van der Waals surface area contributed by atoms with Gasteiger partial charge < -0.3 is 10.2 Å². The Morgan fingerprint density at radius 3 is 2.44 bits per heavy atom. The predicted octanol–water partition coefficient (Wildman–Crippen LogP) is 3.40. The van der Waals surface area contributed by atoms with E-state index in [-0.39, 0.29) is 11.8 Å². The number of carbonyl (C=O) groups excluding carboxylic acids is 2. The molecule has 2 aromatic rings. The quantitative estimate of drug-likeness (QED) is 0.755. The van der Waals surface area contributed by atoms with Gasteiger partial charge in [-0.25, -0.2) is 4.98 Å². The number of aromatic nitrogens is 2. The van der Waals surface area contributed by atoms with Gasteiger partial charge in [-0.05, 0) is 73.8 Å². The van der Waals surface area contributed by atoms with Crippen LogP contribution in [0.3, 0.4) is 0 Å². The number of pyridine rings is 1. The van der Waals surface area contributed by atoms with Gasteiger partial charge in [-0.15, -0.1) is 0 Å². The minimum absolute atomic E-state index is 0.0327. The minimum atomic E-state index is -0.0327. The van der Waals surface area contributed by atoms with E-state index in [9.17, 15) is 9.59 Å². The molecular formula is C25H32N4O2S. The predicted molar refractivity (Wildman–Crippen MR) is 126 cm³/mol. The fourth-order valence-corrected chi connectivity index (χ4v) is 8.18. The lowest BCUT2D eigenvalue weighted by Crippen LogP contribution is -2.51. The summed E-state index contributed by atoms with van der Waals surface area (Å²) in [5.41, 5.74) is 2.38. The van der Waals surface area contributed by atoms with Gasteiger partial charge in [0.1, 0.15) is 11.3 Å². The molecule has 2 amide bonds. The number of thioether (sulfide) groups is 1. The molecule has 3 heterocycles. The summed E-state index contributed by atoms with van der Waals surface area (Å²) in [6, 6.07) is 5.65. The molecule has 4 aliphatic carbocycles. The monoisotopic (exact) mass is 452 g/mol. The second-order valence-electron chi connectivity index (χ2n) is 10.6. The van der Waals surface area contributed by atoms with E-state index in [2.05, 4.69) is 10.3 Å². The van der Waals surface area contributed by atoms with Crippen LogP contribution >= 0.6 is 11.8 Å². The zero-order valence-corrected chi connectivity index (χ0v) is 19.4. The van der Waals surface area contributed by atoms with Crippen molar-refractivity contribution in [3.8, 4) is 0 Å². The van der Waals surface area contributed by atoms with Crippen LogP contribution in [-0.4, -0.2) is 57.2 Å². The van der Waals surface area contributed by atoms with Crippen molar-refractivity contribution in [3.05, 3.63) is 35.8 Å². The number of rotatable bonds is 5. The van der Waals surface area contributed by atoms with Gasteiger partial charge in [0.15, 0.2) is 0 Å². The number of hydrogen-bond acceptors (Lipinski definition) is 4.